The van der Waals surface area contributed by atoms with Crippen LogP contribution in [0.2, 0.25) is 0 Å². The van der Waals surface area contributed by atoms with Crippen molar-refractivity contribution in [3.63, 3.8) is 0 Å². The first-order chi connectivity index (χ1) is 6.86. The van der Waals surface area contributed by atoms with Crippen LogP contribution in [0.3, 0.4) is 0 Å². The van der Waals surface area contributed by atoms with Crippen LogP contribution in [-0.2, 0) is 6.54 Å². The molecule has 0 spiro atoms. The van der Waals surface area contributed by atoms with Crippen LogP contribution in [0.25, 0.3) is 0 Å². The molecule has 4 heteroatoms. The molecule has 0 fully saturated rings. The predicted molar refractivity (Wildman–Crippen MR) is 57.2 cm³/mol. The Morgan fingerprint density at radius 2 is 2.07 bits per heavy atom. The van der Waals surface area contributed by atoms with Gasteiger partial charge in [0.15, 0.2) is 5.96 Å². The van der Waals surface area contributed by atoms with Crippen molar-refractivity contribution >= 4 is 5.96 Å². The summed E-state index contributed by atoms with van der Waals surface area (Å²) in [6, 6.07) is 3.78. The summed E-state index contributed by atoms with van der Waals surface area (Å²) in [4.78, 5) is 4.35. The largest absolute Gasteiger partial charge is 0.467 e. The van der Waals surface area contributed by atoms with Crippen LogP contribution in [0.15, 0.2) is 27.8 Å². The molecule has 0 aliphatic carbocycles. The van der Waals surface area contributed by atoms with Gasteiger partial charge in [-0.3, -0.25) is 0 Å². The lowest BCUT2D eigenvalue weighted by Gasteiger charge is -2.08. The SMILES string of the molecule is CCNC(=NCc1ccco1)NCC. The molecule has 4 nitrogen and oxygen atoms in total. The fraction of sp³-hybridized carbons (Fsp3) is 0.500. The van der Waals surface area contributed by atoms with Gasteiger partial charge in [0.1, 0.15) is 12.3 Å². The molecule has 0 radical (unpaired) electrons. The van der Waals surface area contributed by atoms with Gasteiger partial charge < -0.3 is 15.1 Å². The smallest absolute Gasteiger partial charge is 0.191 e. The molecule has 0 atom stereocenters. The van der Waals surface area contributed by atoms with Crippen LogP contribution >= 0.6 is 0 Å². The van der Waals surface area contributed by atoms with Crippen molar-refractivity contribution in [2.45, 2.75) is 20.4 Å². The quantitative estimate of drug-likeness (QED) is 0.563. The van der Waals surface area contributed by atoms with Gasteiger partial charge in [-0.25, -0.2) is 4.99 Å². The minimum absolute atomic E-state index is 0.572. The first kappa shape index (κ1) is 10.6. The standard InChI is InChI=1S/C10H17N3O/c1-3-11-10(12-4-2)13-8-9-6-5-7-14-9/h5-7H,3-4,8H2,1-2H3,(H2,11,12,13). The van der Waals surface area contributed by atoms with Crippen molar-refractivity contribution in [3.05, 3.63) is 24.2 Å². The first-order valence-electron chi connectivity index (χ1n) is 4.91. The monoisotopic (exact) mass is 195 g/mol. The van der Waals surface area contributed by atoms with Gasteiger partial charge in [0.2, 0.25) is 0 Å². The second kappa shape index (κ2) is 6.07. The van der Waals surface area contributed by atoms with Gasteiger partial charge in [0.25, 0.3) is 0 Å². The average Bonchev–Trinajstić information content (AvgIpc) is 2.67. The second-order valence-corrected chi connectivity index (χ2v) is 2.80. The zero-order valence-electron chi connectivity index (χ0n) is 8.71. The van der Waals surface area contributed by atoms with Crippen molar-refractivity contribution in [1.82, 2.24) is 10.6 Å². The highest BCUT2D eigenvalue weighted by Gasteiger charge is 1.96. The van der Waals surface area contributed by atoms with Crippen molar-refractivity contribution in [3.8, 4) is 0 Å². The van der Waals surface area contributed by atoms with Crippen LogP contribution in [0.5, 0.6) is 0 Å². The van der Waals surface area contributed by atoms with Crippen LogP contribution in [-0.4, -0.2) is 19.0 Å². The maximum absolute atomic E-state index is 5.18. The van der Waals surface area contributed by atoms with E-state index in [4.69, 9.17) is 4.42 Å². The highest BCUT2D eigenvalue weighted by Crippen LogP contribution is 2.00. The van der Waals surface area contributed by atoms with E-state index in [1.807, 2.05) is 26.0 Å². The molecule has 0 unspecified atom stereocenters. The molecule has 2 N–H and O–H groups in total. The van der Waals surface area contributed by atoms with Gasteiger partial charge >= 0.3 is 0 Å². The van der Waals surface area contributed by atoms with Gasteiger partial charge in [-0.05, 0) is 26.0 Å². The number of furan rings is 1. The third kappa shape index (κ3) is 3.51. The van der Waals surface area contributed by atoms with Crippen LogP contribution in [0.1, 0.15) is 19.6 Å². The highest BCUT2D eigenvalue weighted by molar-refractivity contribution is 5.79. The Morgan fingerprint density at radius 1 is 1.36 bits per heavy atom. The van der Waals surface area contributed by atoms with E-state index in [1.165, 1.54) is 0 Å². The molecular formula is C10H17N3O. The Kier molecular flexibility index (Phi) is 4.61. The van der Waals surface area contributed by atoms with Gasteiger partial charge in [0.05, 0.1) is 6.26 Å². The summed E-state index contributed by atoms with van der Waals surface area (Å²) in [5, 5.41) is 6.29. The Bertz CT molecular complexity index is 259. The topological polar surface area (TPSA) is 49.6 Å². The molecule has 1 aromatic heterocycles. The van der Waals surface area contributed by atoms with E-state index in [-0.39, 0.29) is 0 Å². The van der Waals surface area contributed by atoms with E-state index in [9.17, 15) is 0 Å². The Balaban J connectivity index is 2.45. The number of rotatable bonds is 4. The molecule has 78 valence electrons. The summed E-state index contributed by atoms with van der Waals surface area (Å²) >= 11 is 0. The third-order valence-electron chi connectivity index (χ3n) is 1.66. The summed E-state index contributed by atoms with van der Waals surface area (Å²) in [6.45, 7) is 6.38. The van der Waals surface area contributed by atoms with Gasteiger partial charge in [0, 0.05) is 13.1 Å². The van der Waals surface area contributed by atoms with Gasteiger partial charge in [-0.2, -0.15) is 0 Å². The molecule has 1 aromatic rings. The molecule has 1 heterocycles. The Morgan fingerprint density at radius 3 is 2.57 bits per heavy atom. The molecule has 1 rings (SSSR count). The second-order valence-electron chi connectivity index (χ2n) is 2.80. The Labute approximate surface area is 84.4 Å². The zero-order valence-corrected chi connectivity index (χ0v) is 8.71. The average molecular weight is 195 g/mol. The number of guanidine groups is 1. The fourth-order valence-electron chi connectivity index (χ4n) is 1.07. The molecule has 0 amide bonds. The molecule has 0 aromatic carbocycles. The number of nitrogens with one attached hydrogen (secondary N) is 2. The van der Waals surface area contributed by atoms with Crippen molar-refractivity contribution in [1.29, 1.82) is 0 Å². The summed E-state index contributed by atoms with van der Waals surface area (Å²) in [7, 11) is 0. The lowest BCUT2D eigenvalue weighted by molar-refractivity contribution is 0.512. The summed E-state index contributed by atoms with van der Waals surface area (Å²) in [5.41, 5.74) is 0. The Hall–Kier alpha value is -1.45. The number of aliphatic imine (C=N–C) groups is 1. The molecule has 0 bridgehead atoms. The lowest BCUT2D eigenvalue weighted by Crippen LogP contribution is -2.36. The van der Waals surface area contributed by atoms with Crippen LogP contribution in [0, 0.1) is 0 Å². The van der Waals surface area contributed by atoms with E-state index in [0.717, 1.165) is 24.8 Å². The molecule has 0 aliphatic heterocycles. The lowest BCUT2D eigenvalue weighted by atomic mass is 10.4. The van der Waals surface area contributed by atoms with Gasteiger partial charge in [-0.1, -0.05) is 0 Å². The molecular weight excluding hydrogens is 178 g/mol. The van der Waals surface area contributed by atoms with E-state index in [1.54, 1.807) is 6.26 Å². The molecule has 0 saturated carbocycles. The maximum Gasteiger partial charge on any atom is 0.191 e. The summed E-state index contributed by atoms with van der Waals surface area (Å²) in [5.74, 6) is 1.70. The summed E-state index contributed by atoms with van der Waals surface area (Å²) in [6.07, 6.45) is 1.66. The fourth-order valence-corrected chi connectivity index (χ4v) is 1.07. The minimum Gasteiger partial charge on any atom is -0.467 e. The van der Waals surface area contributed by atoms with E-state index in [2.05, 4.69) is 15.6 Å². The van der Waals surface area contributed by atoms with Crippen molar-refractivity contribution in [2.75, 3.05) is 13.1 Å². The first-order valence-corrected chi connectivity index (χ1v) is 4.91. The predicted octanol–water partition coefficient (Wildman–Crippen LogP) is 1.35. The molecule has 0 aliphatic rings. The van der Waals surface area contributed by atoms with Gasteiger partial charge in [-0.15, -0.1) is 0 Å². The van der Waals surface area contributed by atoms with Crippen LogP contribution < -0.4 is 10.6 Å². The highest BCUT2D eigenvalue weighted by atomic mass is 16.3. The van der Waals surface area contributed by atoms with E-state index >= 15 is 0 Å². The minimum atomic E-state index is 0.572. The van der Waals surface area contributed by atoms with E-state index in [0.29, 0.717) is 6.54 Å². The van der Waals surface area contributed by atoms with Crippen LogP contribution in [0.4, 0.5) is 0 Å². The molecule has 0 saturated heterocycles. The normalized spacial score (nSPS) is 9.57. The maximum atomic E-state index is 5.18. The summed E-state index contributed by atoms with van der Waals surface area (Å²) < 4.78 is 5.18. The van der Waals surface area contributed by atoms with Crippen molar-refractivity contribution < 1.29 is 4.42 Å². The van der Waals surface area contributed by atoms with Crippen molar-refractivity contribution in [2.24, 2.45) is 4.99 Å². The third-order valence-corrected chi connectivity index (χ3v) is 1.66. The number of nitrogens with zero attached hydrogens (tertiary/aromatic N) is 1. The molecule has 14 heavy (non-hydrogen) atoms. The van der Waals surface area contributed by atoms with E-state index < -0.39 is 0 Å². The number of hydrogen-bond acceptors (Lipinski definition) is 2. The number of hydrogen-bond donors (Lipinski definition) is 2. The zero-order chi connectivity index (χ0) is 10.2.